The van der Waals surface area contributed by atoms with Gasteiger partial charge in [0.25, 0.3) is 11.1 Å². The lowest BCUT2D eigenvalue weighted by atomic mass is 9.77. The summed E-state index contributed by atoms with van der Waals surface area (Å²) < 4.78 is 1.69. The van der Waals surface area contributed by atoms with Crippen LogP contribution in [0.1, 0.15) is 20.7 Å². The minimum absolute atomic E-state index is 0.157. The molecule has 0 aliphatic carbocycles. The van der Waals surface area contributed by atoms with E-state index in [1.165, 1.54) is 0 Å². The predicted molar refractivity (Wildman–Crippen MR) is 177 cm³/mol. The number of fused-ring (bicyclic) bond motifs is 5. The second-order valence-electron chi connectivity index (χ2n) is 10.8. The zero-order valence-corrected chi connectivity index (χ0v) is 24.1. The summed E-state index contributed by atoms with van der Waals surface area (Å²) in [5.41, 5.74) is 10.6. The molecule has 6 aromatic carbocycles. The number of aromatic nitrogens is 2. The van der Waals surface area contributed by atoms with Crippen LogP contribution in [0.5, 0.6) is 0 Å². The lowest BCUT2D eigenvalue weighted by molar-refractivity contribution is 0.0973. The third-order valence-corrected chi connectivity index (χ3v) is 8.49. The van der Waals surface area contributed by atoms with Crippen LogP contribution in [0.25, 0.3) is 66.9 Å². The van der Waals surface area contributed by atoms with Crippen molar-refractivity contribution in [2.24, 2.45) is 0 Å². The first-order valence-electron chi connectivity index (χ1n) is 14.3. The first kappa shape index (κ1) is 26.1. The standard InChI is InChI=1S/C39H23ClN2O2/c40-37(43)28-21-22-30-29(23-28)41-38-35-33(26-17-9-3-10-18-26)31(24-13-5-1-6-14-24)32(25-15-7-2-8-16-25)34(27-19-11-4-12-20-27)36(35)39(44)42(30)38/h1-23H. The van der Waals surface area contributed by atoms with E-state index in [1.807, 2.05) is 72.8 Å². The van der Waals surface area contributed by atoms with Crippen molar-refractivity contribution in [3.05, 3.63) is 151 Å². The molecule has 0 saturated heterocycles. The summed E-state index contributed by atoms with van der Waals surface area (Å²) in [6, 6.07) is 46.0. The van der Waals surface area contributed by atoms with Crippen molar-refractivity contribution in [3.63, 3.8) is 0 Å². The molecule has 5 heteroatoms. The van der Waals surface area contributed by atoms with E-state index < -0.39 is 5.24 Å². The molecule has 8 rings (SSSR count). The van der Waals surface area contributed by atoms with Gasteiger partial charge in [0.1, 0.15) is 5.82 Å². The Kier molecular flexibility index (Phi) is 6.10. The molecule has 0 bridgehead atoms. The van der Waals surface area contributed by atoms with Crippen LogP contribution in [0, 0.1) is 0 Å². The van der Waals surface area contributed by atoms with Gasteiger partial charge < -0.3 is 0 Å². The van der Waals surface area contributed by atoms with E-state index >= 15 is 0 Å². The van der Waals surface area contributed by atoms with Crippen molar-refractivity contribution in [1.82, 2.24) is 9.55 Å². The van der Waals surface area contributed by atoms with Crippen LogP contribution in [0.15, 0.2) is 140 Å². The van der Waals surface area contributed by atoms with Gasteiger partial charge >= 0.3 is 0 Å². The molecular formula is C39H23ClN2O2. The summed E-state index contributed by atoms with van der Waals surface area (Å²) in [7, 11) is 0. The van der Waals surface area contributed by atoms with Gasteiger partial charge in [-0.25, -0.2) is 4.98 Å². The van der Waals surface area contributed by atoms with Crippen LogP contribution in [0.4, 0.5) is 0 Å². The van der Waals surface area contributed by atoms with E-state index in [2.05, 4.69) is 48.5 Å². The van der Waals surface area contributed by atoms with E-state index in [-0.39, 0.29) is 5.91 Å². The lowest BCUT2D eigenvalue weighted by Crippen LogP contribution is -2.09. The molecule has 0 spiro atoms. The highest BCUT2D eigenvalue weighted by molar-refractivity contribution is 6.67. The molecule has 1 aliphatic rings. The van der Waals surface area contributed by atoms with Crippen LogP contribution < -0.4 is 0 Å². The molecule has 1 aromatic heterocycles. The third-order valence-electron chi connectivity index (χ3n) is 8.27. The molecule has 208 valence electrons. The third kappa shape index (κ3) is 3.96. The van der Waals surface area contributed by atoms with Crippen LogP contribution >= 0.6 is 11.6 Å². The number of carbonyl (C=O) groups is 2. The highest BCUT2D eigenvalue weighted by Crippen LogP contribution is 2.55. The van der Waals surface area contributed by atoms with Crippen molar-refractivity contribution in [1.29, 1.82) is 0 Å². The molecule has 0 amide bonds. The van der Waals surface area contributed by atoms with E-state index in [0.717, 1.165) is 50.1 Å². The van der Waals surface area contributed by atoms with Crippen LogP contribution in [0.2, 0.25) is 0 Å². The van der Waals surface area contributed by atoms with Gasteiger partial charge in [-0.05, 0) is 63.2 Å². The van der Waals surface area contributed by atoms with Crippen molar-refractivity contribution in [3.8, 4) is 55.9 Å². The lowest BCUT2D eigenvalue weighted by Gasteiger charge is -2.24. The van der Waals surface area contributed by atoms with Crippen molar-refractivity contribution in [2.75, 3.05) is 0 Å². The van der Waals surface area contributed by atoms with Gasteiger partial charge in [0.2, 0.25) is 0 Å². The second-order valence-corrected chi connectivity index (χ2v) is 11.1. The summed E-state index contributed by atoms with van der Waals surface area (Å²) in [5.74, 6) is 0.391. The summed E-state index contributed by atoms with van der Waals surface area (Å²) in [6.45, 7) is 0. The molecule has 0 fully saturated rings. The van der Waals surface area contributed by atoms with Crippen LogP contribution in [-0.4, -0.2) is 20.7 Å². The van der Waals surface area contributed by atoms with Gasteiger partial charge in [0, 0.05) is 22.3 Å². The summed E-state index contributed by atoms with van der Waals surface area (Å²) in [6.07, 6.45) is 0. The Morgan fingerprint density at radius 2 is 0.932 bits per heavy atom. The largest absolute Gasteiger partial charge is 0.276 e. The monoisotopic (exact) mass is 586 g/mol. The van der Waals surface area contributed by atoms with Gasteiger partial charge in [-0.3, -0.25) is 14.2 Å². The van der Waals surface area contributed by atoms with Crippen molar-refractivity contribution >= 4 is 33.8 Å². The Morgan fingerprint density at radius 1 is 0.523 bits per heavy atom. The van der Waals surface area contributed by atoms with E-state index in [0.29, 0.717) is 28.0 Å². The molecule has 0 saturated carbocycles. The maximum absolute atomic E-state index is 14.8. The molecular weight excluding hydrogens is 564 g/mol. The Balaban J connectivity index is 1.62. The summed E-state index contributed by atoms with van der Waals surface area (Å²) >= 11 is 5.83. The maximum atomic E-state index is 14.8. The first-order valence-corrected chi connectivity index (χ1v) is 14.7. The number of carbonyl (C=O) groups excluding carboxylic acids is 2. The number of hydrogen-bond donors (Lipinski definition) is 0. The predicted octanol–water partition coefficient (Wildman–Crippen LogP) is 9.75. The van der Waals surface area contributed by atoms with E-state index in [1.54, 1.807) is 22.8 Å². The second kappa shape index (κ2) is 10.3. The van der Waals surface area contributed by atoms with E-state index in [4.69, 9.17) is 16.6 Å². The number of imidazole rings is 1. The average molecular weight is 587 g/mol. The normalized spacial score (nSPS) is 11.9. The van der Waals surface area contributed by atoms with Gasteiger partial charge in [-0.1, -0.05) is 121 Å². The van der Waals surface area contributed by atoms with Gasteiger partial charge in [0.05, 0.1) is 16.6 Å². The molecule has 0 N–H and O–H groups in total. The number of hydrogen-bond acceptors (Lipinski definition) is 3. The molecule has 0 unspecified atom stereocenters. The number of halogens is 1. The van der Waals surface area contributed by atoms with Crippen molar-refractivity contribution in [2.45, 2.75) is 0 Å². The molecule has 4 nitrogen and oxygen atoms in total. The van der Waals surface area contributed by atoms with Crippen molar-refractivity contribution < 1.29 is 9.59 Å². The Labute approximate surface area is 258 Å². The zero-order valence-electron chi connectivity index (χ0n) is 23.4. The molecule has 7 aromatic rings. The number of nitrogens with zero attached hydrogens (tertiary/aromatic N) is 2. The SMILES string of the molecule is O=C(Cl)c1ccc2c(c1)nc1n2C(=O)c2c(-c3ccccc3)c(-c3ccccc3)c(-c3ccccc3)c(-c3ccccc3)c2-1. The highest BCUT2D eigenvalue weighted by atomic mass is 35.5. The highest BCUT2D eigenvalue weighted by Gasteiger charge is 2.39. The molecule has 2 heterocycles. The van der Waals surface area contributed by atoms with Gasteiger partial charge in [-0.15, -0.1) is 0 Å². The fourth-order valence-corrected chi connectivity index (χ4v) is 6.57. The minimum atomic E-state index is -0.568. The number of rotatable bonds is 5. The summed E-state index contributed by atoms with van der Waals surface area (Å²) in [4.78, 5) is 31.8. The Bertz CT molecular complexity index is 2240. The Hall–Kier alpha value is -5.58. The zero-order chi connectivity index (χ0) is 29.8. The maximum Gasteiger partial charge on any atom is 0.265 e. The first-order chi connectivity index (χ1) is 21.6. The average Bonchev–Trinajstić information content (AvgIpc) is 3.59. The molecule has 44 heavy (non-hydrogen) atoms. The van der Waals surface area contributed by atoms with Crippen LogP contribution in [-0.2, 0) is 0 Å². The van der Waals surface area contributed by atoms with Crippen LogP contribution in [0.3, 0.4) is 0 Å². The smallest absolute Gasteiger partial charge is 0.265 e. The van der Waals surface area contributed by atoms with Gasteiger partial charge in [-0.2, -0.15) is 0 Å². The fourth-order valence-electron chi connectivity index (χ4n) is 6.45. The fraction of sp³-hybridized carbons (Fsp3) is 0. The summed E-state index contributed by atoms with van der Waals surface area (Å²) in [5, 5.41) is -0.568. The topological polar surface area (TPSA) is 52.0 Å². The molecule has 1 aliphatic heterocycles. The minimum Gasteiger partial charge on any atom is -0.276 e. The Morgan fingerprint density at radius 3 is 1.36 bits per heavy atom. The number of benzene rings is 6. The molecule has 0 atom stereocenters. The quantitative estimate of drug-likeness (QED) is 0.189. The van der Waals surface area contributed by atoms with E-state index in [9.17, 15) is 9.59 Å². The molecule has 0 radical (unpaired) electrons. The van der Waals surface area contributed by atoms with Gasteiger partial charge in [0.15, 0.2) is 0 Å².